The topological polar surface area (TPSA) is 43.8 Å². The first-order valence-electron chi connectivity index (χ1n) is 7.12. The van der Waals surface area contributed by atoms with E-state index >= 15 is 0 Å². The highest BCUT2D eigenvalue weighted by molar-refractivity contribution is 5.71. The number of anilines is 1. The van der Waals surface area contributed by atoms with Gasteiger partial charge in [-0.15, -0.1) is 0 Å². The number of hydrogen-bond acceptors (Lipinski definition) is 2. The molecule has 0 aliphatic carbocycles. The third-order valence-electron chi connectivity index (χ3n) is 3.29. The molecule has 0 saturated heterocycles. The molecule has 3 nitrogen and oxygen atoms in total. The van der Waals surface area contributed by atoms with E-state index in [9.17, 15) is 8.78 Å². The maximum atomic E-state index is 13.4. The second-order valence-electron chi connectivity index (χ2n) is 5.99. The van der Waals surface area contributed by atoms with Crippen LogP contribution in [0.3, 0.4) is 0 Å². The maximum absolute atomic E-state index is 13.4. The van der Waals surface area contributed by atoms with Crippen LogP contribution < -0.4 is 5.73 Å². The fourth-order valence-electron chi connectivity index (χ4n) is 2.34. The van der Waals surface area contributed by atoms with Gasteiger partial charge in [-0.25, -0.2) is 13.8 Å². The molecule has 0 bridgehead atoms. The molecule has 0 saturated carbocycles. The Morgan fingerprint density at radius 3 is 2.33 bits per heavy atom. The quantitative estimate of drug-likeness (QED) is 0.918. The van der Waals surface area contributed by atoms with E-state index in [4.69, 9.17) is 5.73 Å². The molecule has 2 rings (SSSR count). The lowest BCUT2D eigenvalue weighted by atomic mass is 10.1. The van der Waals surface area contributed by atoms with Gasteiger partial charge >= 0.3 is 0 Å². The molecule has 0 aliphatic rings. The monoisotopic (exact) mass is 293 g/mol. The van der Waals surface area contributed by atoms with Crippen LogP contribution in [0, 0.1) is 17.6 Å². The summed E-state index contributed by atoms with van der Waals surface area (Å²) in [5.74, 6) is 0.209. The molecule has 0 unspecified atom stereocenters. The van der Waals surface area contributed by atoms with Crippen molar-refractivity contribution in [3.05, 3.63) is 35.7 Å². The molecule has 21 heavy (non-hydrogen) atoms. The van der Waals surface area contributed by atoms with Crippen molar-refractivity contribution in [2.75, 3.05) is 5.73 Å². The SMILES string of the molecule is CC(C)Cn1c(C(C)C)nc(-c2ccc(F)c(F)c2)c1N. The zero-order chi connectivity index (χ0) is 15.7. The van der Waals surface area contributed by atoms with E-state index in [0.29, 0.717) is 23.0 Å². The van der Waals surface area contributed by atoms with Crippen molar-refractivity contribution in [1.29, 1.82) is 0 Å². The third-order valence-corrected chi connectivity index (χ3v) is 3.29. The summed E-state index contributed by atoms with van der Waals surface area (Å²) in [6.45, 7) is 9.01. The first kappa shape index (κ1) is 15.5. The largest absolute Gasteiger partial charge is 0.383 e. The summed E-state index contributed by atoms with van der Waals surface area (Å²) in [7, 11) is 0. The number of nitrogens with two attached hydrogens (primary N) is 1. The van der Waals surface area contributed by atoms with Gasteiger partial charge in [-0.05, 0) is 24.1 Å². The van der Waals surface area contributed by atoms with Gasteiger partial charge < -0.3 is 10.3 Å². The molecule has 1 aromatic heterocycles. The third kappa shape index (κ3) is 3.06. The molecular weight excluding hydrogens is 272 g/mol. The average Bonchev–Trinajstić information content (AvgIpc) is 2.70. The van der Waals surface area contributed by atoms with Crippen molar-refractivity contribution in [1.82, 2.24) is 9.55 Å². The highest BCUT2D eigenvalue weighted by Gasteiger charge is 2.19. The number of halogens is 2. The summed E-state index contributed by atoms with van der Waals surface area (Å²) in [5.41, 5.74) is 7.20. The zero-order valence-electron chi connectivity index (χ0n) is 12.8. The van der Waals surface area contributed by atoms with Crippen LogP contribution in [0.2, 0.25) is 0 Å². The minimum atomic E-state index is -0.892. The van der Waals surface area contributed by atoms with E-state index in [-0.39, 0.29) is 5.92 Å². The summed E-state index contributed by atoms with van der Waals surface area (Å²) < 4.78 is 28.5. The molecule has 1 aromatic carbocycles. The summed E-state index contributed by atoms with van der Waals surface area (Å²) in [5, 5.41) is 0. The average molecular weight is 293 g/mol. The van der Waals surface area contributed by atoms with Crippen molar-refractivity contribution < 1.29 is 8.78 Å². The van der Waals surface area contributed by atoms with Gasteiger partial charge in [-0.2, -0.15) is 0 Å². The lowest BCUT2D eigenvalue weighted by Crippen LogP contribution is -2.12. The fraction of sp³-hybridized carbons (Fsp3) is 0.438. The molecule has 0 spiro atoms. The first-order valence-corrected chi connectivity index (χ1v) is 7.12. The Kier molecular flexibility index (Phi) is 4.30. The highest BCUT2D eigenvalue weighted by atomic mass is 19.2. The number of imidazole rings is 1. The first-order chi connectivity index (χ1) is 9.81. The second-order valence-corrected chi connectivity index (χ2v) is 5.99. The van der Waals surface area contributed by atoms with Gasteiger partial charge in [0.05, 0.1) is 0 Å². The van der Waals surface area contributed by atoms with Gasteiger partial charge in [0.1, 0.15) is 17.3 Å². The van der Waals surface area contributed by atoms with Crippen molar-refractivity contribution in [2.24, 2.45) is 5.92 Å². The van der Waals surface area contributed by atoms with Crippen LogP contribution in [0.1, 0.15) is 39.4 Å². The van der Waals surface area contributed by atoms with Crippen LogP contribution >= 0.6 is 0 Å². The minimum Gasteiger partial charge on any atom is -0.383 e. The van der Waals surface area contributed by atoms with Crippen molar-refractivity contribution in [2.45, 2.75) is 40.2 Å². The molecule has 0 aliphatic heterocycles. The number of benzene rings is 1. The number of aromatic nitrogens is 2. The van der Waals surface area contributed by atoms with E-state index in [1.54, 1.807) is 0 Å². The highest BCUT2D eigenvalue weighted by Crippen LogP contribution is 2.30. The lowest BCUT2D eigenvalue weighted by Gasteiger charge is -2.14. The van der Waals surface area contributed by atoms with Gasteiger partial charge in [-0.3, -0.25) is 0 Å². The van der Waals surface area contributed by atoms with Crippen LogP contribution in [0.15, 0.2) is 18.2 Å². The van der Waals surface area contributed by atoms with Gasteiger partial charge in [0.2, 0.25) is 0 Å². The summed E-state index contributed by atoms with van der Waals surface area (Å²) >= 11 is 0. The van der Waals surface area contributed by atoms with E-state index in [1.165, 1.54) is 6.07 Å². The molecule has 2 aromatic rings. The Morgan fingerprint density at radius 2 is 1.81 bits per heavy atom. The van der Waals surface area contributed by atoms with Crippen LogP contribution in [-0.2, 0) is 6.54 Å². The molecule has 114 valence electrons. The van der Waals surface area contributed by atoms with Crippen molar-refractivity contribution in [3.8, 4) is 11.3 Å². The molecule has 5 heteroatoms. The van der Waals surface area contributed by atoms with Crippen LogP contribution in [0.5, 0.6) is 0 Å². The molecule has 0 amide bonds. The Balaban J connectivity index is 2.56. The smallest absolute Gasteiger partial charge is 0.159 e. The maximum Gasteiger partial charge on any atom is 0.159 e. The van der Waals surface area contributed by atoms with E-state index in [1.807, 2.05) is 18.4 Å². The molecule has 0 radical (unpaired) electrons. The predicted molar refractivity (Wildman–Crippen MR) is 80.9 cm³/mol. The molecular formula is C16H21F2N3. The van der Waals surface area contributed by atoms with Gasteiger partial charge in [0.25, 0.3) is 0 Å². The molecule has 0 atom stereocenters. The van der Waals surface area contributed by atoms with Crippen LogP contribution in [0.4, 0.5) is 14.6 Å². The van der Waals surface area contributed by atoms with Crippen LogP contribution in [0.25, 0.3) is 11.3 Å². The Hall–Kier alpha value is -1.91. The minimum absolute atomic E-state index is 0.199. The lowest BCUT2D eigenvalue weighted by molar-refractivity contribution is 0.502. The van der Waals surface area contributed by atoms with E-state index in [0.717, 1.165) is 24.5 Å². The summed E-state index contributed by atoms with van der Waals surface area (Å²) in [4.78, 5) is 4.55. The Bertz CT molecular complexity index is 645. The normalized spacial score (nSPS) is 11.6. The van der Waals surface area contributed by atoms with E-state index in [2.05, 4.69) is 18.8 Å². The standard InChI is InChI=1S/C16H21F2N3/c1-9(2)8-21-15(19)14(20-16(21)10(3)4)11-5-6-12(17)13(18)7-11/h5-7,9-10H,8,19H2,1-4H3. The number of rotatable bonds is 4. The second kappa shape index (κ2) is 5.84. The number of nitrogens with zero attached hydrogens (tertiary/aromatic N) is 2. The van der Waals surface area contributed by atoms with Gasteiger partial charge in [0, 0.05) is 18.0 Å². The number of nitrogen functional groups attached to an aromatic ring is 1. The molecule has 0 fully saturated rings. The summed E-state index contributed by atoms with van der Waals surface area (Å²) in [6, 6.07) is 3.74. The Morgan fingerprint density at radius 1 is 1.14 bits per heavy atom. The molecule has 2 N–H and O–H groups in total. The molecule has 1 heterocycles. The predicted octanol–water partition coefficient (Wildman–Crippen LogP) is 4.19. The van der Waals surface area contributed by atoms with Gasteiger partial charge in [-0.1, -0.05) is 27.7 Å². The van der Waals surface area contributed by atoms with Gasteiger partial charge in [0.15, 0.2) is 11.6 Å². The fourth-order valence-corrected chi connectivity index (χ4v) is 2.34. The van der Waals surface area contributed by atoms with E-state index < -0.39 is 11.6 Å². The summed E-state index contributed by atoms with van der Waals surface area (Å²) in [6.07, 6.45) is 0. The number of hydrogen-bond donors (Lipinski definition) is 1. The van der Waals surface area contributed by atoms with Crippen LogP contribution in [-0.4, -0.2) is 9.55 Å². The van der Waals surface area contributed by atoms with Crippen molar-refractivity contribution >= 4 is 5.82 Å². The van der Waals surface area contributed by atoms with Crippen molar-refractivity contribution in [3.63, 3.8) is 0 Å². The Labute approximate surface area is 123 Å². The zero-order valence-corrected chi connectivity index (χ0v) is 12.8.